The number of nitrogens with two attached hydrogens (primary N) is 2. The highest BCUT2D eigenvalue weighted by Crippen LogP contribution is 2.18. The van der Waals surface area contributed by atoms with E-state index < -0.39 is 15.5 Å². The van der Waals surface area contributed by atoms with Gasteiger partial charge in [-0.3, -0.25) is 0 Å². The smallest absolute Gasteiger partial charge is 0.194 e. The van der Waals surface area contributed by atoms with E-state index in [4.69, 9.17) is 11.5 Å². The summed E-state index contributed by atoms with van der Waals surface area (Å²) >= 11 is 0. The van der Waals surface area contributed by atoms with Gasteiger partial charge in [0.2, 0.25) is 0 Å². The van der Waals surface area contributed by atoms with Crippen molar-refractivity contribution in [2.75, 3.05) is 6.26 Å². The predicted octanol–water partition coefficient (Wildman–Crippen LogP) is -0.140. The number of aliphatic imine (C=N–C) groups is 1. The van der Waals surface area contributed by atoms with Crippen LogP contribution in [0.15, 0.2) is 41.5 Å². The minimum atomic E-state index is -3.05. The molecule has 0 bridgehead atoms. The van der Waals surface area contributed by atoms with E-state index in [1.165, 1.54) is 6.26 Å². The molecule has 1 heterocycles. The maximum Gasteiger partial charge on any atom is 0.194 e. The van der Waals surface area contributed by atoms with Crippen LogP contribution in [0.5, 0.6) is 0 Å². The minimum absolute atomic E-state index is 0.0151. The predicted molar refractivity (Wildman–Crippen MR) is 79.5 cm³/mol. The van der Waals surface area contributed by atoms with Gasteiger partial charge in [-0.25, -0.2) is 13.4 Å². The molecular formula is C13H18N4O2S. The molecule has 7 heteroatoms. The average Bonchev–Trinajstić information content (AvgIpc) is 2.25. The molecule has 0 radical (unpaired) electrons. The van der Waals surface area contributed by atoms with Crippen LogP contribution < -0.4 is 16.8 Å². The fourth-order valence-corrected chi connectivity index (χ4v) is 2.91. The number of hydrogen-bond acceptors (Lipinski definition) is 6. The lowest BCUT2D eigenvalue weighted by Gasteiger charge is -2.25. The molecule has 0 spiro atoms. The quantitative estimate of drug-likeness (QED) is 0.716. The van der Waals surface area contributed by atoms with Gasteiger partial charge in [0.25, 0.3) is 0 Å². The SMILES string of the molecule is CS(=O)(=O)Cc1cccc(CC2(N)C=CNC(N)=N2)c1. The van der Waals surface area contributed by atoms with E-state index in [2.05, 4.69) is 10.3 Å². The molecule has 108 valence electrons. The monoisotopic (exact) mass is 294 g/mol. The molecule has 0 saturated heterocycles. The summed E-state index contributed by atoms with van der Waals surface area (Å²) in [5.41, 5.74) is 12.5. The summed E-state index contributed by atoms with van der Waals surface area (Å²) in [6, 6.07) is 7.32. The minimum Gasteiger partial charge on any atom is -0.370 e. The first kappa shape index (κ1) is 14.5. The Morgan fingerprint density at radius 2 is 2.05 bits per heavy atom. The van der Waals surface area contributed by atoms with Gasteiger partial charge in [0.05, 0.1) is 5.75 Å². The Kier molecular flexibility index (Phi) is 3.82. The Morgan fingerprint density at radius 3 is 2.70 bits per heavy atom. The number of benzene rings is 1. The Balaban J connectivity index is 2.20. The average molecular weight is 294 g/mol. The molecule has 0 aliphatic carbocycles. The van der Waals surface area contributed by atoms with Crippen LogP contribution in [0.2, 0.25) is 0 Å². The normalized spacial score (nSPS) is 22.2. The molecular weight excluding hydrogens is 276 g/mol. The van der Waals surface area contributed by atoms with Crippen molar-refractivity contribution in [2.24, 2.45) is 16.5 Å². The highest BCUT2D eigenvalue weighted by molar-refractivity contribution is 7.89. The third kappa shape index (κ3) is 4.07. The summed E-state index contributed by atoms with van der Waals surface area (Å²) in [5.74, 6) is 0.281. The first-order valence-corrected chi connectivity index (χ1v) is 8.16. The third-order valence-corrected chi connectivity index (χ3v) is 3.70. The number of hydrogen-bond donors (Lipinski definition) is 3. The topological polar surface area (TPSA) is 111 Å². The molecule has 20 heavy (non-hydrogen) atoms. The van der Waals surface area contributed by atoms with E-state index in [0.29, 0.717) is 6.42 Å². The molecule has 2 rings (SSSR count). The molecule has 0 fully saturated rings. The lowest BCUT2D eigenvalue weighted by atomic mass is 9.99. The van der Waals surface area contributed by atoms with E-state index in [1.807, 2.05) is 18.2 Å². The van der Waals surface area contributed by atoms with Crippen LogP contribution in [-0.2, 0) is 22.0 Å². The Labute approximate surface area is 118 Å². The van der Waals surface area contributed by atoms with Crippen molar-refractivity contribution in [3.05, 3.63) is 47.7 Å². The highest BCUT2D eigenvalue weighted by Gasteiger charge is 2.24. The summed E-state index contributed by atoms with van der Waals surface area (Å²) in [5, 5.41) is 2.75. The van der Waals surface area contributed by atoms with E-state index in [9.17, 15) is 8.42 Å². The Bertz CT molecular complexity index is 667. The second-order valence-corrected chi connectivity index (χ2v) is 7.17. The second kappa shape index (κ2) is 5.26. The lowest BCUT2D eigenvalue weighted by molar-refractivity contribution is 0.541. The van der Waals surface area contributed by atoms with Crippen molar-refractivity contribution in [1.29, 1.82) is 0 Å². The molecule has 6 nitrogen and oxygen atoms in total. The van der Waals surface area contributed by atoms with Gasteiger partial charge in [-0.05, 0) is 17.2 Å². The lowest BCUT2D eigenvalue weighted by Crippen LogP contribution is -2.45. The van der Waals surface area contributed by atoms with Gasteiger partial charge in [-0.1, -0.05) is 24.3 Å². The number of guanidine groups is 1. The zero-order valence-corrected chi connectivity index (χ0v) is 12.0. The number of rotatable bonds is 4. The van der Waals surface area contributed by atoms with Crippen molar-refractivity contribution in [1.82, 2.24) is 5.32 Å². The number of nitrogens with one attached hydrogen (secondary N) is 1. The third-order valence-electron chi connectivity index (χ3n) is 2.84. The molecule has 0 saturated carbocycles. The Hall–Kier alpha value is -1.86. The van der Waals surface area contributed by atoms with Crippen LogP contribution in [0.3, 0.4) is 0 Å². The van der Waals surface area contributed by atoms with Crippen molar-refractivity contribution >= 4 is 15.8 Å². The van der Waals surface area contributed by atoms with Crippen LogP contribution >= 0.6 is 0 Å². The fraction of sp³-hybridized carbons (Fsp3) is 0.308. The summed E-state index contributed by atoms with van der Waals surface area (Å²) < 4.78 is 22.7. The van der Waals surface area contributed by atoms with Gasteiger partial charge in [-0.15, -0.1) is 0 Å². The van der Waals surface area contributed by atoms with Crippen LogP contribution in [0.25, 0.3) is 0 Å². The largest absolute Gasteiger partial charge is 0.370 e. The molecule has 5 N–H and O–H groups in total. The van der Waals surface area contributed by atoms with Crippen molar-refractivity contribution in [3.63, 3.8) is 0 Å². The summed E-state index contributed by atoms with van der Waals surface area (Å²) in [4.78, 5) is 4.17. The van der Waals surface area contributed by atoms with Crippen LogP contribution in [0.4, 0.5) is 0 Å². The standard InChI is InChI=1S/C13H18N4O2S/c1-20(18,19)9-11-4-2-3-10(7-11)8-13(15)5-6-16-12(14)17-13/h2-7H,8-9,15H2,1H3,(H3,14,16,17). The van der Waals surface area contributed by atoms with E-state index in [-0.39, 0.29) is 11.7 Å². The first-order chi connectivity index (χ1) is 9.26. The van der Waals surface area contributed by atoms with Crippen molar-refractivity contribution in [3.8, 4) is 0 Å². The van der Waals surface area contributed by atoms with Gasteiger partial charge >= 0.3 is 0 Å². The van der Waals surface area contributed by atoms with E-state index >= 15 is 0 Å². The molecule has 0 amide bonds. The van der Waals surface area contributed by atoms with E-state index in [0.717, 1.165) is 11.1 Å². The van der Waals surface area contributed by atoms with Gasteiger partial charge < -0.3 is 16.8 Å². The highest BCUT2D eigenvalue weighted by atomic mass is 32.2. The molecule has 1 aromatic rings. The van der Waals surface area contributed by atoms with Gasteiger partial charge in [-0.2, -0.15) is 0 Å². The molecule has 1 aliphatic rings. The molecule has 1 atom stereocenters. The molecule has 1 aromatic carbocycles. The summed E-state index contributed by atoms with van der Waals surface area (Å²) in [7, 11) is -3.05. The van der Waals surface area contributed by atoms with Crippen LogP contribution in [-0.4, -0.2) is 26.3 Å². The van der Waals surface area contributed by atoms with Crippen LogP contribution in [0.1, 0.15) is 11.1 Å². The number of sulfone groups is 1. The second-order valence-electron chi connectivity index (χ2n) is 5.03. The molecule has 0 aromatic heterocycles. The summed E-state index contributed by atoms with van der Waals surface area (Å²) in [6.45, 7) is 0. The van der Waals surface area contributed by atoms with Crippen molar-refractivity contribution in [2.45, 2.75) is 17.8 Å². The van der Waals surface area contributed by atoms with Gasteiger partial charge in [0, 0.05) is 18.9 Å². The fourth-order valence-electron chi connectivity index (χ4n) is 2.12. The maximum atomic E-state index is 11.3. The molecule has 1 unspecified atom stereocenters. The Morgan fingerprint density at radius 1 is 1.35 bits per heavy atom. The number of nitrogens with zero attached hydrogens (tertiary/aromatic N) is 1. The zero-order chi connectivity index (χ0) is 14.8. The summed E-state index contributed by atoms with van der Waals surface area (Å²) in [6.07, 6.45) is 5.05. The van der Waals surface area contributed by atoms with Crippen LogP contribution in [0, 0.1) is 0 Å². The maximum absolute atomic E-state index is 11.3. The van der Waals surface area contributed by atoms with E-state index in [1.54, 1.807) is 18.3 Å². The van der Waals surface area contributed by atoms with Gasteiger partial charge in [0.1, 0.15) is 5.66 Å². The zero-order valence-electron chi connectivity index (χ0n) is 11.2. The van der Waals surface area contributed by atoms with Gasteiger partial charge in [0.15, 0.2) is 15.8 Å². The first-order valence-electron chi connectivity index (χ1n) is 6.10. The van der Waals surface area contributed by atoms with Crippen molar-refractivity contribution < 1.29 is 8.42 Å². The molecule has 1 aliphatic heterocycles.